The molecular formula is C12H12Cl2N4O. The second-order valence-electron chi connectivity index (χ2n) is 4.12. The lowest BCUT2D eigenvalue weighted by Crippen LogP contribution is -2.21. The van der Waals surface area contributed by atoms with Crippen LogP contribution in [0.3, 0.4) is 0 Å². The standard InChI is InChI=1S/C12H12Cl2N4O/c1-7-3-8(2)18(17-7)6-11(19)16-12-10(14)4-9(13)5-15-12/h3-5H,6H2,1-2H3,(H,15,16,19). The SMILES string of the molecule is Cc1cc(C)n(CC(=O)Nc2ncc(Cl)cc2Cl)n1. The van der Waals surface area contributed by atoms with Gasteiger partial charge in [0.1, 0.15) is 6.54 Å². The maximum atomic E-state index is 11.9. The number of carbonyl (C=O) groups is 1. The van der Waals surface area contributed by atoms with Crippen molar-refractivity contribution in [3.8, 4) is 0 Å². The smallest absolute Gasteiger partial charge is 0.247 e. The summed E-state index contributed by atoms with van der Waals surface area (Å²) in [7, 11) is 0. The first-order valence-electron chi connectivity index (χ1n) is 5.57. The first-order valence-corrected chi connectivity index (χ1v) is 6.33. The van der Waals surface area contributed by atoms with Crippen LogP contribution in [0.2, 0.25) is 10.0 Å². The third-order valence-corrected chi connectivity index (χ3v) is 2.96. The van der Waals surface area contributed by atoms with Crippen molar-refractivity contribution in [2.24, 2.45) is 0 Å². The van der Waals surface area contributed by atoms with Crippen LogP contribution in [-0.2, 0) is 11.3 Å². The van der Waals surface area contributed by atoms with E-state index in [1.807, 2.05) is 19.9 Å². The average Bonchev–Trinajstić information content (AvgIpc) is 2.61. The lowest BCUT2D eigenvalue weighted by molar-refractivity contribution is -0.117. The fraction of sp³-hybridized carbons (Fsp3) is 0.250. The third-order valence-electron chi connectivity index (χ3n) is 2.46. The van der Waals surface area contributed by atoms with Gasteiger partial charge in [0.2, 0.25) is 5.91 Å². The number of aromatic nitrogens is 3. The number of hydrogen-bond acceptors (Lipinski definition) is 3. The van der Waals surface area contributed by atoms with E-state index in [9.17, 15) is 4.79 Å². The molecular weight excluding hydrogens is 287 g/mol. The summed E-state index contributed by atoms with van der Waals surface area (Å²) in [5.41, 5.74) is 1.79. The normalized spacial score (nSPS) is 10.5. The Balaban J connectivity index is 2.07. The zero-order valence-electron chi connectivity index (χ0n) is 10.4. The lowest BCUT2D eigenvalue weighted by atomic mass is 10.4. The molecule has 1 N–H and O–H groups in total. The molecule has 19 heavy (non-hydrogen) atoms. The minimum absolute atomic E-state index is 0.111. The maximum Gasteiger partial charge on any atom is 0.247 e. The first kappa shape index (κ1) is 13.8. The Labute approximate surface area is 120 Å². The molecule has 0 aromatic carbocycles. The lowest BCUT2D eigenvalue weighted by Gasteiger charge is -2.07. The van der Waals surface area contributed by atoms with Crippen LogP contribution in [0.1, 0.15) is 11.4 Å². The summed E-state index contributed by atoms with van der Waals surface area (Å²) < 4.78 is 1.62. The summed E-state index contributed by atoms with van der Waals surface area (Å²) in [5, 5.41) is 7.55. The third kappa shape index (κ3) is 3.45. The monoisotopic (exact) mass is 298 g/mol. The zero-order valence-corrected chi connectivity index (χ0v) is 12.0. The van der Waals surface area contributed by atoms with E-state index in [4.69, 9.17) is 23.2 Å². The summed E-state index contributed by atoms with van der Waals surface area (Å²) in [6, 6.07) is 3.43. The van der Waals surface area contributed by atoms with Gasteiger partial charge in [-0.15, -0.1) is 0 Å². The number of nitrogens with zero attached hydrogens (tertiary/aromatic N) is 3. The van der Waals surface area contributed by atoms with Crippen LogP contribution in [0, 0.1) is 13.8 Å². The highest BCUT2D eigenvalue weighted by Crippen LogP contribution is 2.22. The van der Waals surface area contributed by atoms with Crippen LogP contribution in [0.4, 0.5) is 5.82 Å². The molecule has 2 rings (SSSR count). The topological polar surface area (TPSA) is 59.8 Å². The van der Waals surface area contributed by atoms with Crippen molar-refractivity contribution >= 4 is 34.9 Å². The van der Waals surface area contributed by atoms with Gasteiger partial charge in [-0.2, -0.15) is 5.10 Å². The predicted octanol–water partition coefficient (Wildman–Crippen LogP) is 2.84. The number of hydrogen-bond donors (Lipinski definition) is 1. The largest absolute Gasteiger partial charge is 0.308 e. The van der Waals surface area contributed by atoms with Gasteiger partial charge in [0, 0.05) is 11.9 Å². The number of carbonyl (C=O) groups excluding carboxylic acids is 1. The molecule has 0 spiro atoms. The molecule has 0 atom stereocenters. The highest BCUT2D eigenvalue weighted by molar-refractivity contribution is 6.36. The van der Waals surface area contributed by atoms with Gasteiger partial charge >= 0.3 is 0 Å². The van der Waals surface area contributed by atoms with Gasteiger partial charge < -0.3 is 5.32 Å². The van der Waals surface area contributed by atoms with E-state index >= 15 is 0 Å². The van der Waals surface area contributed by atoms with Crippen LogP contribution >= 0.6 is 23.2 Å². The highest BCUT2D eigenvalue weighted by Gasteiger charge is 2.10. The molecule has 7 heteroatoms. The van der Waals surface area contributed by atoms with E-state index in [0.29, 0.717) is 10.0 Å². The highest BCUT2D eigenvalue weighted by atomic mass is 35.5. The fourth-order valence-corrected chi connectivity index (χ4v) is 2.08. The van der Waals surface area contributed by atoms with E-state index < -0.39 is 0 Å². The van der Waals surface area contributed by atoms with Gasteiger partial charge in [-0.3, -0.25) is 9.48 Å². The van der Waals surface area contributed by atoms with Crippen molar-refractivity contribution in [1.82, 2.24) is 14.8 Å². The summed E-state index contributed by atoms with van der Waals surface area (Å²) in [5.74, 6) is 0.0421. The van der Waals surface area contributed by atoms with Crippen LogP contribution in [0.15, 0.2) is 18.3 Å². The summed E-state index contributed by atoms with van der Waals surface area (Å²) in [4.78, 5) is 15.8. The van der Waals surface area contributed by atoms with Gasteiger partial charge in [0.05, 0.1) is 15.7 Å². The molecule has 0 saturated heterocycles. The molecule has 0 saturated carbocycles. The second-order valence-corrected chi connectivity index (χ2v) is 4.96. The average molecular weight is 299 g/mol. The number of amides is 1. The molecule has 2 aromatic heterocycles. The van der Waals surface area contributed by atoms with Crippen molar-refractivity contribution in [2.45, 2.75) is 20.4 Å². The number of anilines is 1. The zero-order chi connectivity index (χ0) is 14.0. The molecule has 0 bridgehead atoms. The van der Waals surface area contributed by atoms with Gasteiger partial charge in [-0.1, -0.05) is 23.2 Å². The minimum atomic E-state index is -0.247. The van der Waals surface area contributed by atoms with Gasteiger partial charge in [0.15, 0.2) is 5.82 Å². The molecule has 0 aliphatic carbocycles. The summed E-state index contributed by atoms with van der Waals surface area (Å²) >= 11 is 11.7. The number of nitrogens with one attached hydrogen (secondary N) is 1. The van der Waals surface area contributed by atoms with Crippen LogP contribution < -0.4 is 5.32 Å². The van der Waals surface area contributed by atoms with Crippen LogP contribution in [0.25, 0.3) is 0 Å². The number of rotatable bonds is 3. The number of pyridine rings is 1. The Bertz CT molecular complexity index is 624. The van der Waals surface area contributed by atoms with E-state index in [1.54, 1.807) is 4.68 Å². The van der Waals surface area contributed by atoms with Crippen molar-refractivity contribution < 1.29 is 4.79 Å². The van der Waals surface area contributed by atoms with Crippen molar-refractivity contribution in [3.05, 3.63) is 39.8 Å². The van der Waals surface area contributed by atoms with E-state index in [2.05, 4.69) is 15.4 Å². The van der Waals surface area contributed by atoms with Gasteiger partial charge in [-0.05, 0) is 26.0 Å². The van der Waals surface area contributed by atoms with Crippen LogP contribution in [-0.4, -0.2) is 20.7 Å². The molecule has 0 aliphatic rings. The molecule has 0 unspecified atom stereocenters. The van der Waals surface area contributed by atoms with Gasteiger partial charge in [0.25, 0.3) is 0 Å². The maximum absolute atomic E-state index is 11.9. The molecule has 0 aliphatic heterocycles. The van der Waals surface area contributed by atoms with E-state index in [1.165, 1.54) is 12.3 Å². The van der Waals surface area contributed by atoms with Crippen LogP contribution in [0.5, 0.6) is 0 Å². The molecule has 5 nitrogen and oxygen atoms in total. The summed E-state index contributed by atoms with van der Waals surface area (Å²) in [6.07, 6.45) is 1.42. The molecule has 2 aromatic rings. The molecule has 100 valence electrons. The quantitative estimate of drug-likeness (QED) is 0.948. The van der Waals surface area contributed by atoms with Crippen molar-refractivity contribution in [3.63, 3.8) is 0 Å². The first-order chi connectivity index (χ1) is 8.95. The summed E-state index contributed by atoms with van der Waals surface area (Å²) in [6.45, 7) is 3.88. The Kier molecular flexibility index (Phi) is 4.07. The van der Waals surface area contributed by atoms with Gasteiger partial charge in [-0.25, -0.2) is 4.98 Å². The van der Waals surface area contributed by atoms with E-state index in [0.717, 1.165) is 11.4 Å². The second kappa shape index (κ2) is 5.59. The number of halogens is 2. The molecule has 2 heterocycles. The number of aryl methyl sites for hydroxylation is 2. The van der Waals surface area contributed by atoms with E-state index in [-0.39, 0.29) is 18.3 Å². The predicted molar refractivity (Wildman–Crippen MR) is 74.6 cm³/mol. The molecule has 0 radical (unpaired) electrons. The molecule has 0 fully saturated rings. The Morgan fingerprint density at radius 2 is 2.11 bits per heavy atom. The Hall–Kier alpha value is -1.59. The minimum Gasteiger partial charge on any atom is -0.308 e. The van der Waals surface area contributed by atoms with Crippen molar-refractivity contribution in [2.75, 3.05) is 5.32 Å². The fourth-order valence-electron chi connectivity index (χ4n) is 1.65. The van der Waals surface area contributed by atoms with Crippen molar-refractivity contribution in [1.29, 1.82) is 0 Å². The molecule has 1 amide bonds. The Morgan fingerprint density at radius 3 is 2.68 bits per heavy atom. The Morgan fingerprint density at radius 1 is 1.37 bits per heavy atom.